The maximum absolute atomic E-state index is 10.2. The van der Waals surface area contributed by atoms with Crippen LogP contribution >= 0.6 is 0 Å². The lowest BCUT2D eigenvalue weighted by Crippen LogP contribution is -2.43. The van der Waals surface area contributed by atoms with Crippen molar-refractivity contribution in [2.75, 3.05) is 13.2 Å². The second-order valence-corrected chi connectivity index (χ2v) is 3.58. The Morgan fingerprint density at radius 1 is 1.50 bits per heavy atom. The van der Waals surface area contributed by atoms with Crippen molar-refractivity contribution in [3.8, 4) is 0 Å². The average molecular weight is 202 g/mol. The molecule has 82 valence electrons. The molecule has 0 bridgehead atoms. The third-order valence-electron chi connectivity index (χ3n) is 2.48. The molecule has 5 nitrogen and oxygen atoms in total. The molecule has 0 radical (unpaired) electrons. The SMILES string of the molecule is NC(=O)OCCN[C@H]1CCCC[C@@H]1O. The summed E-state index contributed by atoms with van der Waals surface area (Å²) in [5, 5.41) is 12.7. The number of rotatable bonds is 4. The topological polar surface area (TPSA) is 84.6 Å². The molecule has 0 saturated heterocycles. The summed E-state index contributed by atoms with van der Waals surface area (Å²) in [6.07, 6.45) is 3.06. The van der Waals surface area contributed by atoms with Crippen LogP contribution in [-0.4, -0.2) is 36.5 Å². The molecule has 1 aliphatic carbocycles. The van der Waals surface area contributed by atoms with Crippen LogP contribution in [0.4, 0.5) is 4.79 Å². The fraction of sp³-hybridized carbons (Fsp3) is 0.889. The van der Waals surface area contributed by atoms with E-state index in [0.717, 1.165) is 25.7 Å². The van der Waals surface area contributed by atoms with E-state index in [2.05, 4.69) is 10.1 Å². The lowest BCUT2D eigenvalue weighted by molar-refractivity contribution is 0.0865. The summed E-state index contributed by atoms with van der Waals surface area (Å²) in [6, 6.07) is 0.139. The number of primary amides is 1. The van der Waals surface area contributed by atoms with Gasteiger partial charge in [-0.05, 0) is 12.8 Å². The first kappa shape index (κ1) is 11.3. The van der Waals surface area contributed by atoms with E-state index in [1.165, 1.54) is 0 Å². The first-order chi connectivity index (χ1) is 6.70. The molecule has 1 aliphatic rings. The molecule has 4 N–H and O–H groups in total. The van der Waals surface area contributed by atoms with E-state index < -0.39 is 6.09 Å². The van der Waals surface area contributed by atoms with Gasteiger partial charge in [-0.15, -0.1) is 0 Å². The van der Waals surface area contributed by atoms with E-state index in [9.17, 15) is 9.90 Å². The molecule has 1 rings (SSSR count). The Morgan fingerprint density at radius 2 is 2.21 bits per heavy atom. The first-order valence-electron chi connectivity index (χ1n) is 5.04. The number of carbonyl (C=O) groups excluding carboxylic acids is 1. The Labute approximate surface area is 83.6 Å². The minimum absolute atomic E-state index is 0.139. The van der Waals surface area contributed by atoms with Gasteiger partial charge in [0.05, 0.1) is 6.10 Å². The summed E-state index contributed by atoms with van der Waals surface area (Å²) >= 11 is 0. The van der Waals surface area contributed by atoms with Crippen molar-refractivity contribution in [1.29, 1.82) is 0 Å². The van der Waals surface area contributed by atoms with Crippen molar-refractivity contribution in [3.05, 3.63) is 0 Å². The maximum atomic E-state index is 10.2. The van der Waals surface area contributed by atoms with Gasteiger partial charge in [-0.25, -0.2) is 4.79 Å². The summed E-state index contributed by atoms with van der Waals surface area (Å²) in [5.74, 6) is 0. The summed E-state index contributed by atoms with van der Waals surface area (Å²) < 4.78 is 4.56. The smallest absolute Gasteiger partial charge is 0.404 e. The van der Waals surface area contributed by atoms with Gasteiger partial charge in [-0.1, -0.05) is 12.8 Å². The van der Waals surface area contributed by atoms with Gasteiger partial charge < -0.3 is 20.9 Å². The molecule has 0 unspecified atom stereocenters. The number of nitrogens with two attached hydrogens (primary N) is 1. The van der Waals surface area contributed by atoms with Gasteiger partial charge >= 0.3 is 6.09 Å². The third kappa shape index (κ3) is 3.93. The molecular weight excluding hydrogens is 184 g/mol. The molecule has 1 fully saturated rings. The quantitative estimate of drug-likeness (QED) is 0.559. The summed E-state index contributed by atoms with van der Waals surface area (Å²) in [5.41, 5.74) is 4.80. The van der Waals surface area contributed by atoms with Crippen molar-refractivity contribution in [2.45, 2.75) is 37.8 Å². The zero-order valence-electron chi connectivity index (χ0n) is 8.24. The number of aliphatic hydroxyl groups is 1. The number of aliphatic hydroxyl groups excluding tert-OH is 1. The lowest BCUT2D eigenvalue weighted by Gasteiger charge is -2.28. The zero-order valence-corrected chi connectivity index (χ0v) is 8.24. The molecule has 5 heteroatoms. The molecule has 14 heavy (non-hydrogen) atoms. The lowest BCUT2D eigenvalue weighted by atomic mass is 9.93. The number of hydrogen-bond donors (Lipinski definition) is 3. The van der Waals surface area contributed by atoms with Crippen molar-refractivity contribution in [2.24, 2.45) is 5.73 Å². The molecule has 0 aliphatic heterocycles. The molecule has 2 atom stereocenters. The van der Waals surface area contributed by atoms with Gasteiger partial charge in [0.25, 0.3) is 0 Å². The van der Waals surface area contributed by atoms with Crippen LogP contribution in [0.2, 0.25) is 0 Å². The van der Waals surface area contributed by atoms with Gasteiger partial charge in [0.15, 0.2) is 0 Å². The molecule has 0 aromatic rings. The summed E-state index contributed by atoms with van der Waals surface area (Å²) in [7, 11) is 0. The third-order valence-corrected chi connectivity index (χ3v) is 2.48. The summed E-state index contributed by atoms with van der Waals surface area (Å²) in [6.45, 7) is 0.809. The van der Waals surface area contributed by atoms with Gasteiger partial charge in [0.2, 0.25) is 0 Å². The number of ether oxygens (including phenoxy) is 1. The fourth-order valence-corrected chi connectivity index (χ4v) is 1.75. The monoisotopic (exact) mass is 202 g/mol. The Kier molecular flexibility index (Phi) is 4.69. The average Bonchev–Trinajstić information content (AvgIpc) is 2.15. The Morgan fingerprint density at radius 3 is 2.86 bits per heavy atom. The molecule has 1 saturated carbocycles. The largest absolute Gasteiger partial charge is 0.448 e. The van der Waals surface area contributed by atoms with E-state index in [4.69, 9.17) is 5.73 Å². The summed E-state index contributed by atoms with van der Waals surface area (Å²) in [4.78, 5) is 10.2. The molecule has 0 aromatic heterocycles. The van der Waals surface area contributed by atoms with Crippen LogP contribution in [0.3, 0.4) is 0 Å². The van der Waals surface area contributed by atoms with Crippen LogP contribution in [0.1, 0.15) is 25.7 Å². The van der Waals surface area contributed by atoms with Gasteiger partial charge in [0, 0.05) is 12.6 Å². The predicted molar refractivity (Wildman–Crippen MR) is 51.8 cm³/mol. The van der Waals surface area contributed by atoms with Crippen LogP contribution in [-0.2, 0) is 4.74 Å². The van der Waals surface area contributed by atoms with Crippen molar-refractivity contribution in [1.82, 2.24) is 5.32 Å². The Balaban J connectivity index is 2.07. The Hall–Kier alpha value is -0.810. The predicted octanol–water partition coefficient (Wildman–Crippen LogP) is -0.0252. The van der Waals surface area contributed by atoms with Crippen LogP contribution in [0.5, 0.6) is 0 Å². The molecule has 1 amide bonds. The highest BCUT2D eigenvalue weighted by molar-refractivity contribution is 5.64. The first-order valence-corrected chi connectivity index (χ1v) is 5.04. The fourth-order valence-electron chi connectivity index (χ4n) is 1.75. The standard InChI is InChI=1S/C9H18N2O3/c10-9(13)14-6-5-11-7-3-1-2-4-8(7)12/h7-8,11-12H,1-6H2,(H2,10,13)/t7-,8-/m0/s1. The number of amides is 1. The van der Waals surface area contributed by atoms with Crippen LogP contribution in [0, 0.1) is 0 Å². The minimum Gasteiger partial charge on any atom is -0.448 e. The highest BCUT2D eigenvalue weighted by Gasteiger charge is 2.21. The number of nitrogens with one attached hydrogen (secondary N) is 1. The van der Waals surface area contributed by atoms with Crippen LogP contribution in [0.15, 0.2) is 0 Å². The van der Waals surface area contributed by atoms with Crippen LogP contribution in [0.25, 0.3) is 0 Å². The van der Waals surface area contributed by atoms with Gasteiger partial charge in [-0.3, -0.25) is 0 Å². The normalized spacial score (nSPS) is 27.2. The van der Waals surface area contributed by atoms with E-state index >= 15 is 0 Å². The molecule has 0 aromatic carbocycles. The highest BCUT2D eigenvalue weighted by Crippen LogP contribution is 2.17. The number of hydrogen-bond acceptors (Lipinski definition) is 4. The van der Waals surface area contributed by atoms with E-state index in [1.54, 1.807) is 0 Å². The highest BCUT2D eigenvalue weighted by atomic mass is 16.5. The second kappa shape index (κ2) is 5.82. The molecule has 0 spiro atoms. The molecule has 0 heterocycles. The van der Waals surface area contributed by atoms with E-state index in [-0.39, 0.29) is 18.8 Å². The molecular formula is C9H18N2O3. The number of carbonyl (C=O) groups is 1. The Bertz CT molecular complexity index is 187. The van der Waals surface area contributed by atoms with Crippen LogP contribution < -0.4 is 11.1 Å². The van der Waals surface area contributed by atoms with Gasteiger partial charge in [0.1, 0.15) is 6.61 Å². The van der Waals surface area contributed by atoms with Gasteiger partial charge in [-0.2, -0.15) is 0 Å². The maximum Gasteiger partial charge on any atom is 0.404 e. The minimum atomic E-state index is -0.754. The van der Waals surface area contributed by atoms with E-state index in [0.29, 0.717) is 6.54 Å². The van der Waals surface area contributed by atoms with E-state index in [1.807, 2.05) is 0 Å². The zero-order chi connectivity index (χ0) is 10.4. The second-order valence-electron chi connectivity index (χ2n) is 3.58. The van der Waals surface area contributed by atoms with Crippen molar-refractivity contribution in [3.63, 3.8) is 0 Å². The van der Waals surface area contributed by atoms with Crippen molar-refractivity contribution >= 4 is 6.09 Å². The van der Waals surface area contributed by atoms with Crippen molar-refractivity contribution < 1.29 is 14.6 Å².